The Morgan fingerprint density at radius 3 is 1.56 bits per heavy atom. The second-order valence-corrected chi connectivity index (χ2v) is 2.53. The van der Waals surface area contributed by atoms with Crippen molar-refractivity contribution in [1.29, 1.82) is 0 Å². The molecule has 0 aliphatic carbocycles. The summed E-state index contributed by atoms with van der Waals surface area (Å²) in [5.74, 6) is 0. The molecule has 0 heterocycles. The Balaban J connectivity index is -0.000000180. The lowest BCUT2D eigenvalue weighted by Crippen LogP contribution is -2.34. The molecule has 9 heavy (non-hydrogen) atoms. The molecule has 0 saturated carbocycles. The smallest absolute Gasteiger partial charge is 0.0109 e. The van der Waals surface area contributed by atoms with E-state index in [1.165, 1.54) is 0 Å². The molecule has 0 spiro atoms. The first-order valence-corrected chi connectivity index (χ1v) is 2.55. The van der Waals surface area contributed by atoms with Crippen LogP contribution in [0.25, 0.3) is 0 Å². The maximum Gasteiger partial charge on any atom is 0.0109 e. The van der Waals surface area contributed by atoms with Crippen LogP contribution in [0.1, 0.15) is 20.3 Å². The van der Waals surface area contributed by atoms with E-state index in [0.717, 1.165) is 6.42 Å². The zero-order chi connectivity index (χ0) is 5.91. The first-order valence-electron chi connectivity index (χ1n) is 2.55. The van der Waals surface area contributed by atoms with Crippen molar-refractivity contribution in [1.82, 2.24) is 0 Å². The van der Waals surface area contributed by atoms with Crippen molar-refractivity contribution in [3.63, 3.8) is 0 Å². The molecule has 4 heteroatoms. The highest BCUT2D eigenvalue weighted by atomic mass is 35.5. The van der Waals surface area contributed by atoms with Crippen molar-refractivity contribution in [3.05, 3.63) is 0 Å². The third-order valence-corrected chi connectivity index (χ3v) is 0.789. The monoisotopic (exact) mass is 174 g/mol. The molecule has 0 aromatic carbocycles. The molecular weight excluding hydrogens is 159 g/mol. The molecule has 0 aliphatic heterocycles. The van der Waals surface area contributed by atoms with Crippen LogP contribution in [0.2, 0.25) is 0 Å². The van der Waals surface area contributed by atoms with Gasteiger partial charge in [0, 0.05) is 5.54 Å². The summed E-state index contributed by atoms with van der Waals surface area (Å²) in [6.07, 6.45) is 0.896. The van der Waals surface area contributed by atoms with Gasteiger partial charge in [-0.1, -0.05) is 0 Å². The van der Waals surface area contributed by atoms with Gasteiger partial charge in [-0.25, -0.2) is 0 Å². The molecule has 0 aliphatic rings. The van der Waals surface area contributed by atoms with Crippen molar-refractivity contribution in [3.8, 4) is 0 Å². The minimum absolute atomic E-state index is 0. The van der Waals surface area contributed by atoms with Gasteiger partial charge in [-0.05, 0) is 26.8 Å². The van der Waals surface area contributed by atoms with E-state index in [9.17, 15) is 0 Å². The molecule has 0 radical (unpaired) electrons. The molecule has 2 nitrogen and oxygen atoms in total. The van der Waals surface area contributed by atoms with Crippen LogP contribution in [0, 0.1) is 0 Å². The SMILES string of the molecule is CC(C)(N)CCN.Cl.Cl. The summed E-state index contributed by atoms with van der Waals surface area (Å²) in [5, 5.41) is 0. The second kappa shape index (κ2) is 6.62. The highest BCUT2D eigenvalue weighted by molar-refractivity contribution is 5.85. The number of hydrogen-bond donors (Lipinski definition) is 2. The fourth-order valence-corrected chi connectivity index (χ4v) is 0.372. The molecule has 0 atom stereocenters. The molecule has 0 aromatic rings. The molecule has 0 saturated heterocycles. The largest absolute Gasteiger partial charge is 0.330 e. The maximum absolute atomic E-state index is 5.57. The predicted octanol–water partition coefficient (Wildman–Crippen LogP) is 0.916. The van der Waals surface area contributed by atoms with E-state index in [-0.39, 0.29) is 30.4 Å². The van der Waals surface area contributed by atoms with E-state index in [2.05, 4.69) is 0 Å². The summed E-state index contributed by atoms with van der Waals surface area (Å²) in [5.41, 5.74) is 10.7. The van der Waals surface area contributed by atoms with Crippen LogP contribution in [0.15, 0.2) is 0 Å². The minimum Gasteiger partial charge on any atom is -0.330 e. The lowest BCUT2D eigenvalue weighted by Gasteiger charge is -2.15. The number of nitrogens with two attached hydrogens (primary N) is 2. The van der Waals surface area contributed by atoms with Crippen molar-refractivity contribution in [2.75, 3.05) is 6.54 Å². The standard InChI is InChI=1S/C5H14N2.2ClH/c1-5(2,7)3-4-6;;/h3-4,6-7H2,1-2H3;2*1H. The molecule has 60 valence electrons. The summed E-state index contributed by atoms with van der Waals surface area (Å²) in [7, 11) is 0. The topological polar surface area (TPSA) is 52.0 Å². The van der Waals surface area contributed by atoms with Gasteiger partial charge < -0.3 is 11.5 Å². The van der Waals surface area contributed by atoms with Gasteiger partial charge in [-0.3, -0.25) is 0 Å². The van der Waals surface area contributed by atoms with Crippen molar-refractivity contribution in [2.45, 2.75) is 25.8 Å². The summed E-state index contributed by atoms with van der Waals surface area (Å²) in [6, 6.07) is 0. The average Bonchev–Trinajstić information content (AvgIpc) is 1.30. The van der Waals surface area contributed by atoms with Gasteiger partial charge in [0.05, 0.1) is 0 Å². The quantitative estimate of drug-likeness (QED) is 0.655. The Labute approximate surface area is 69.2 Å². The second-order valence-electron chi connectivity index (χ2n) is 2.53. The lowest BCUT2D eigenvalue weighted by atomic mass is 10.0. The average molecular weight is 175 g/mol. The molecule has 0 aromatic heterocycles. The van der Waals surface area contributed by atoms with Crippen LogP contribution in [-0.4, -0.2) is 12.1 Å². The van der Waals surface area contributed by atoms with Crippen LogP contribution >= 0.6 is 24.8 Å². The Bertz CT molecular complexity index is 51.4. The molecular formula is C5H16Cl2N2. The van der Waals surface area contributed by atoms with Gasteiger partial charge in [0.1, 0.15) is 0 Å². The molecule has 0 rings (SSSR count). The summed E-state index contributed by atoms with van der Waals surface area (Å²) < 4.78 is 0. The van der Waals surface area contributed by atoms with Crippen LogP contribution < -0.4 is 11.5 Å². The van der Waals surface area contributed by atoms with Crippen LogP contribution in [0.3, 0.4) is 0 Å². The van der Waals surface area contributed by atoms with E-state index in [0.29, 0.717) is 6.54 Å². The first kappa shape index (κ1) is 16.2. The Hall–Kier alpha value is 0.500. The predicted molar refractivity (Wildman–Crippen MR) is 46.4 cm³/mol. The molecule has 0 fully saturated rings. The number of rotatable bonds is 2. The third kappa shape index (κ3) is 17.7. The fraction of sp³-hybridized carbons (Fsp3) is 1.00. The molecule has 0 amide bonds. The lowest BCUT2D eigenvalue weighted by molar-refractivity contribution is 0.484. The maximum atomic E-state index is 5.57. The highest BCUT2D eigenvalue weighted by Gasteiger charge is 2.06. The Morgan fingerprint density at radius 1 is 1.22 bits per heavy atom. The van der Waals surface area contributed by atoms with Gasteiger partial charge >= 0.3 is 0 Å². The number of hydrogen-bond acceptors (Lipinski definition) is 2. The van der Waals surface area contributed by atoms with Gasteiger partial charge in [-0.15, -0.1) is 24.8 Å². The highest BCUT2D eigenvalue weighted by Crippen LogP contribution is 1.99. The van der Waals surface area contributed by atoms with E-state index >= 15 is 0 Å². The van der Waals surface area contributed by atoms with Crippen molar-refractivity contribution < 1.29 is 0 Å². The summed E-state index contributed by atoms with van der Waals surface area (Å²) in [4.78, 5) is 0. The van der Waals surface area contributed by atoms with Gasteiger partial charge in [0.25, 0.3) is 0 Å². The summed E-state index contributed by atoms with van der Waals surface area (Å²) >= 11 is 0. The van der Waals surface area contributed by atoms with Gasteiger partial charge in [0.15, 0.2) is 0 Å². The van der Waals surface area contributed by atoms with Gasteiger partial charge in [0.2, 0.25) is 0 Å². The first-order chi connectivity index (χ1) is 3.06. The number of halogens is 2. The Morgan fingerprint density at radius 2 is 1.56 bits per heavy atom. The van der Waals surface area contributed by atoms with Gasteiger partial charge in [-0.2, -0.15) is 0 Å². The fourth-order valence-electron chi connectivity index (χ4n) is 0.372. The zero-order valence-electron chi connectivity index (χ0n) is 5.89. The minimum atomic E-state index is -0.0747. The van der Waals surface area contributed by atoms with E-state index in [1.807, 2.05) is 13.8 Å². The third-order valence-electron chi connectivity index (χ3n) is 0.789. The molecule has 0 bridgehead atoms. The molecule has 4 N–H and O–H groups in total. The zero-order valence-corrected chi connectivity index (χ0v) is 7.52. The normalized spacial score (nSPS) is 9.33. The van der Waals surface area contributed by atoms with Crippen molar-refractivity contribution in [2.24, 2.45) is 11.5 Å². The van der Waals surface area contributed by atoms with Crippen molar-refractivity contribution >= 4 is 24.8 Å². The van der Waals surface area contributed by atoms with Crippen LogP contribution in [0.5, 0.6) is 0 Å². The van der Waals surface area contributed by atoms with Crippen LogP contribution in [-0.2, 0) is 0 Å². The molecule has 0 unspecified atom stereocenters. The van der Waals surface area contributed by atoms with Crippen LogP contribution in [0.4, 0.5) is 0 Å². The summed E-state index contributed by atoms with van der Waals surface area (Å²) in [6.45, 7) is 4.63. The van der Waals surface area contributed by atoms with E-state index in [4.69, 9.17) is 11.5 Å². The van der Waals surface area contributed by atoms with E-state index in [1.54, 1.807) is 0 Å². The Kier molecular flexibility index (Phi) is 11.9. The van der Waals surface area contributed by atoms with E-state index < -0.39 is 0 Å².